The molecular formula is C17H19N3. The topological polar surface area (TPSA) is 29.9 Å². The smallest absolute Gasteiger partial charge is 0.0680 e. The molecule has 0 unspecified atom stereocenters. The Bertz CT molecular complexity index is 756. The van der Waals surface area contributed by atoms with Gasteiger partial charge >= 0.3 is 0 Å². The molecule has 0 spiro atoms. The molecule has 3 rings (SSSR count). The first-order chi connectivity index (χ1) is 9.63. The van der Waals surface area contributed by atoms with Crippen LogP contribution in [0.1, 0.15) is 16.7 Å². The summed E-state index contributed by atoms with van der Waals surface area (Å²) in [5.41, 5.74) is 6.26. The molecule has 2 aromatic carbocycles. The Morgan fingerprint density at radius 3 is 2.80 bits per heavy atom. The SMILES string of the molecule is Cc1ccc(C)c(CNc2ccc3c(cnn3C)c2)c1. The second-order valence-electron chi connectivity index (χ2n) is 5.33. The number of aromatic nitrogens is 2. The van der Waals surface area contributed by atoms with E-state index in [-0.39, 0.29) is 0 Å². The third-order valence-electron chi connectivity index (χ3n) is 3.73. The maximum Gasteiger partial charge on any atom is 0.0680 e. The van der Waals surface area contributed by atoms with Crippen LogP contribution in [0.15, 0.2) is 42.6 Å². The molecule has 3 heteroatoms. The fraction of sp³-hybridized carbons (Fsp3) is 0.235. The molecular weight excluding hydrogens is 246 g/mol. The van der Waals surface area contributed by atoms with Gasteiger partial charge in [0.1, 0.15) is 0 Å². The molecule has 1 heterocycles. The predicted octanol–water partition coefficient (Wildman–Crippen LogP) is 3.80. The second-order valence-corrected chi connectivity index (χ2v) is 5.33. The van der Waals surface area contributed by atoms with Crippen molar-refractivity contribution in [3.05, 3.63) is 59.3 Å². The van der Waals surface area contributed by atoms with Crippen LogP contribution in [0, 0.1) is 13.8 Å². The number of benzene rings is 2. The Kier molecular flexibility index (Phi) is 3.18. The molecule has 3 nitrogen and oxygen atoms in total. The summed E-state index contributed by atoms with van der Waals surface area (Å²) in [7, 11) is 1.96. The van der Waals surface area contributed by atoms with Gasteiger partial charge in [0.05, 0.1) is 11.7 Å². The lowest BCUT2D eigenvalue weighted by Crippen LogP contribution is -2.01. The summed E-state index contributed by atoms with van der Waals surface area (Å²) in [6.07, 6.45) is 1.90. The van der Waals surface area contributed by atoms with Crippen molar-refractivity contribution >= 4 is 16.6 Å². The lowest BCUT2D eigenvalue weighted by atomic mass is 10.1. The maximum absolute atomic E-state index is 4.27. The molecule has 0 aliphatic carbocycles. The van der Waals surface area contributed by atoms with E-state index in [0.717, 1.165) is 17.7 Å². The van der Waals surface area contributed by atoms with Crippen molar-refractivity contribution in [1.29, 1.82) is 0 Å². The molecule has 20 heavy (non-hydrogen) atoms. The number of nitrogens with zero attached hydrogens (tertiary/aromatic N) is 2. The number of aryl methyl sites for hydroxylation is 3. The fourth-order valence-corrected chi connectivity index (χ4v) is 2.46. The summed E-state index contributed by atoms with van der Waals surface area (Å²) in [6, 6.07) is 12.9. The summed E-state index contributed by atoms with van der Waals surface area (Å²) in [6.45, 7) is 5.13. The van der Waals surface area contributed by atoms with Crippen LogP contribution in [-0.4, -0.2) is 9.78 Å². The van der Waals surface area contributed by atoms with E-state index in [9.17, 15) is 0 Å². The molecule has 1 aromatic heterocycles. The number of anilines is 1. The normalized spacial score (nSPS) is 10.9. The molecule has 3 aromatic rings. The quantitative estimate of drug-likeness (QED) is 0.780. The third kappa shape index (κ3) is 2.39. The first-order valence-electron chi connectivity index (χ1n) is 6.85. The molecule has 0 saturated heterocycles. The Morgan fingerprint density at radius 2 is 1.95 bits per heavy atom. The van der Waals surface area contributed by atoms with Gasteiger partial charge in [-0.15, -0.1) is 0 Å². The molecule has 0 aliphatic rings. The molecule has 1 N–H and O–H groups in total. The molecule has 0 atom stereocenters. The highest BCUT2D eigenvalue weighted by Crippen LogP contribution is 2.19. The Morgan fingerprint density at radius 1 is 1.10 bits per heavy atom. The van der Waals surface area contributed by atoms with E-state index < -0.39 is 0 Å². The minimum Gasteiger partial charge on any atom is -0.381 e. The average Bonchev–Trinajstić information content (AvgIpc) is 2.81. The summed E-state index contributed by atoms with van der Waals surface area (Å²) < 4.78 is 1.89. The van der Waals surface area contributed by atoms with Gasteiger partial charge in [-0.3, -0.25) is 4.68 Å². The third-order valence-corrected chi connectivity index (χ3v) is 3.73. The fourth-order valence-electron chi connectivity index (χ4n) is 2.46. The zero-order valence-corrected chi connectivity index (χ0v) is 12.1. The lowest BCUT2D eigenvalue weighted by Gasteiger charge is -2.10. The van der Waals surface area contributed by atoms with E-state index >= 15 is 0 Å². The van der Waals surface area contributed by atoms with Gasteiger partial charge in [-0.25, -0.2) is 0 Å². The van der Waals surface area contributed by atoms with E-state index in [2.05, 4.69) is 60.7 Å². The number of hydrogen-bond acceptors (Lipinski definition) is 2. The van der Waals surface area contributed by atoms with Crippen molar-refractivity contribution in [2.45, 2.75) is 20.4 Å². The van der Waals surface area contributed by atoms with Crippen LogP contribution in [0.2, 0.25) is 0 Å². The van der Waals surface area contributed by atoms with Crippen LogP contribution in [0.25, 0.3) is 10.9 Å². The van der Waals surface area contributed by atoms with E-state index in [0.29, 0.717) is 0 Å². The van der Waals surface area contributed by atoms with Crippen molar-refractivity contribution in [2.75, 3.05) is 5.32 Å². The van der Waals surface area contributed by atoms with E-state index in [1.807, 2.05) is 17.9 Å². The van der Waals surface area contributed by atoms with Gasteiger partial charge in [0.25, 0.3) is 0 Å². The zero-order chi connectivity index (χ0) is 14.1. The highest BCUT2D eigenvalue weighted by Gasteiger charge is 2.02. The van der Waals surface area contributed by atoms with Gasteiger partial charge in [0.2, 0.25) is 0 Å². The van der Waals surface area contributed by atoms with Crippen molar-refractivity contribution in [1.82, 2.24) is 9.78 Å². The van der Waals surface area contributed by atoms with Crippen molar-refractivity contribution < 1.29 is 0 Å². The number of nitrogens with one attached hydrogen (secondary N) is 1. The Balaban J connectivity index is 1.81. The van der Waals surface area contributed by atoms with Gasteiger partial charge < -0.3 is 5.32 Å². The van der Waals surface area contributed by atoms with Crippen LogP contribution < -0.4 is 5.32 Å². The van der Waals surface area contributed by atoms with Crippen molar-refractivity contribution in [2.24, 2.45) is 7.05 Å². The van der Waals surface area contributed by atoms with E-state index in [1.54, 1.807) is 0 Å². The minimum absolute atomic E-state index is 0.847. The summed E-state index contributed by atoms with van der Waals surface area (Å²) in [5, 5.41) is 8.93. The van der Waals surface area contributed by atoms with Gasteiger partial charge in [0.15, 0.2) is 0 Å². The number of rotatable bonds is 3. The summed E-state index contributed by atoms with van der Waals surface area (Å²) in [5.74, 6) is 0. The molecule has 0 radical (unpaired) electrons. The van der Waals surface area contributed by atoms with E-state index in [4.69, 9.17) is 0 Å². The van der Waals surface area contributed by atoms with Gasteiger partial charge in [-0.05, 0) is 43.2 Å². The van der Waals surface area contributed by atoms with Gasteiger partial charge in [0, 0.05) is 24.7 Å². The monoisotopic (exact) mass is 265 g/mol. The van der Waals surface area contributed by atoms with Crippen LogP contribution in [0.5, 0.6) is 0 Å². The molecule has 0 bridgehead atoms. The highest BCUT2D eigenvalue weighted by atomic mass is 15.2. The average molecular weight is 265 g/mol. The highest BCUT2D eigenvalue weighted by molar-refractivity contribution is 5.82. The zero-order valence-electron chi connectivity index (χ0n) is 12.1. The molecule has 0 fully saturated rings. The van der Waals surface area contributed by atoms with Crippen LogP contribution in [-0.2, 0) is 13.6 Å². The van der Waals surface area contributed by atoms with Crippen LogP contribution in [0.4, 0.5) is 5.69 Å². The molecule has 0 saturated carbocycles. The largest absolute Gasteiger partial charge is 0.381 e. The van der Waals surface area contributed by atoms with Crippen molar-refractivity contribution in [3.63, 3.8) is 0 Å². The minimum atomic E-state index is 0.847. The Labute approximate surface area is 119 Å². The molecule has 0 amide bonds. The van der Waals surface area contributed by atoms with Crippen LogP contribution in [0.3, 0.4) is 0 Å². The van der Waals surface area contributed by atoms with E-state index in [1.165, 1.54) is 22.1 Å². The molecule has 0 aliphatic heterocycles. The van der Waals surface area contributed by atoms with Crippen LogP contribution >= 0.6 is 0 Å². The second kappa shape index (κ2) is 5.00. The number of fused-ring (bicyclic) bond motifs is 1. The predicted molar refractivity (Wildman–Crippen MR) is 84.0 cm³/mol. The summed E-state index contributed by atoms with van der Waals surface area (Å²) >= 11 is 0. The standard InChI is InChI=1S/C17H19N3/c1-12-4-5-13(2)14(8-12)10-18-16-6-7-17-15(9-16)11-19-20(17)3/h4-9,11,18H,10H2,1-3H3. The lowest BCUT2D eigenvalue weighted by molar-refractivity contribution is 0.797. The summed E-state index contributed by atoms with van der Waals surface area (Å²) in [4.78, 5) is 0. The van der Waals surface area contributed by atoms with Crippen molar-refractivity contribution in [3.8, 4) is 0 Å². The maximum atomic E-state index is 4.27. The van der Waals surface area contributed by atoms with Gasteiger partial charge in [-0.2, -0.15) is 5.10 Å². The molecule has 102 valence electrons. The number of hydrogen-bond donors (Lipinski definition) is 1. The first-order valence-corrected chi connectivity index (χ1v) is 6.85. The van der Waals surface area contributed by atoms with Gasteiger partial charge in [-0.1, -0.05) is 23.8 Å². The Hall–Kier alpha value is -2.29. The first kappa shape index (κ1) is 12.7.